The molecule has 248 valence electrons. The first-order valence-electron chi connectivity index (χ1n) is 16.0. The van der Waals surface area contributed by atoms with Crippen LogP contribution >= 0.6 is 31.9 Å². The summed E-state index contributed by atoms with van der Waals surface area (Å²) in [6, 6.07) is 31.2. The quantitative estimate of drug-likeness (QED) is 0.125. The van der Waals surface area contributed by atoms with Crippen LogP contribution in [0.4, 0.5) is 0 Å². The van der Waals surface area contributed by atoms with Crippen LogP contribution in [0.1, 0.15) is 50.5 Å². The lowest BCUT2D eigenvalue weighted by Gasteiger charge is -2.25. The van der Waals surface area contributed by atoms with Gasteiger partial charge in [0.1, 0.15) is 22.8 Å². The Morgan fingerprint density at radius 1 is 0.816 bits per heavy atom. The summed E-state index contributed by atoms with van der Waals surface area (Å²) in [7, 11) is 3.66. The molecular formula is C39H38Br2N7O+. The van der Waals surface area contributed by atoms with Crippen molar-refractivity contribution in [3.63, 3.8) is 0 Å². The van der Waals surface area contributed by atoms with Gasteiger partial charge in [-0.25, -0.2) is 9.97 Å². The van der Waals surface area contributed by atoms with Crippen LogP contribution in [0.5, 0.6) is 0 Å². The van der Waals surface area contributed by atoms with E-state index in [-0.39, 0.29) is 11.4 Å². The molecule has 0 unspecified atom stereocenters. The maximum Gasteiger partial charge on any atom is 0.311 e. The maximum absolute atomic E-state index is 13.3. The molecule has 0 fully saturated rings. The molecule has 4 aromatic carbocycles. The standard InChI is InChI=1S/C39H38Br2N7O/c1-38(2,3)47-33-18-16-26(40)20-31(33)44-35(47)28-13-9-8-12-25(28)22-42-23-39(4,5)48-34-19-17-27(41)21-32(34)45-36(48)29-14-10-11-15-30(29)37(49)43-24-46(6)7/h8-21,24H,23H2,1-7H3/q+1. The summed E-state index contributed by atoms with van der Waals surface area (Å²) in [4.78, 5) is 34.3. The van der Waals surface area contributed by atoms with Gasteiger partial charge in [0.2, 0.25) is 0 Å². The highest BCUT2D eigenvalue weighted by molar-refractivity contribution is 9.10. The number of rotatable bonds is 6. The predicted octanol–water partition coefficient (Wildman–Crippen LogP) is 9.85. The normalized spacial score (nSPS) is 12.1. The smallest absolute Gasteiger partial charge is 0.311 e. The molecule has 1 amide bonds. The molecule has 49 heavy (non-hydrogen) atoms. The van der Waals surface area contributed by atoms with E-state index in [2.05, 4.69) is 111 Å². The zero-order valence-corrected chi connectivity index (χ0v) is 31.8. The van der Waals surface area contributed by atoms with Crippen LogP contribution in [0.15, 0.2) is 98.9 Å². The number of carbonyl (C=O) groups is 1. The summed E-state index contributed by atoms with van der Waals surface area (Å²) in [5, 5.41) is 0. The summed E-state index contributed by atoms with van der Waals surface area (Å²) in [5.74, 6) is 1.20. The molecule has 0 spiro atoms. The minimum absolute atomic E-state index is 0.215. The first-order chi connectivity index (χ1) is 23.2. The molecule has 10 heteroatoms. The van der Waals surface area contributed by atoms with Gasteiger partial charge in [-0.15, -0.1) is 0 Å². The first-order valence-corrected chi connectivity index (χ1v) is 17.6. The van der Waals surface area contributed by atoms with Crippen LogP contribution in [0.3, 0.4) is 0 Å². The Morgan fingerprint density at radius 2 is 1.37 bits per heavy atom. The molecule has 0 atom stereocenters. The Bertz CT molecular complexity index is 2310. The Hall–Kier alpha value is -4.59. The molecule has 6 rings (SSSR count). The minimum Gasteiger partial charge on any atom is -0.369 e. The lowest BCUT2D eigenvalue weighted by Crippen LogP contribution is -2.30. The number of amides is 1. The fraction of sp³-hybridized carbons (Fsp3) is 0.256. The number of nitrogens with zero attached hydrogens (tertiary/aromatic N) is 7. The number of hydrogen-bond acceptors (Lipinski definition) is 3. The molecule has 0 bridgehead atoms. The van der Waals surface area contributed by atoms with Crippen LogP contribution < -0.4 is 0 Å². The number of carbonyl (C=O) groups excluding carboxylic acids is 1. The second-order valence-corrected chi connectivity index (χ2v) is 15.7. The van der Waals surface area contributed by atoms with Crippen molar-refractivity contribution in [3.8, 4) is 28.8 Å². The van der Waals surface area contributed by atoms with E-state index in [1.165, 1.54) is 6.34 Å². The molecular weight excluding hydrogens is 742 g/mol. The number of imidazole rings is 2. The third-order valence-corrected chi connectivity index (χ3v) is 9.13. The zero-order chi connectivity index (χ0) is 35.1. The summed E-state index contributed by atoms with van der Waals surface area (Å²) in [5.41, 5.74) is 5.94. The lowest BCUT2D eigenvalue weighted by molar-refractivity contribution is 0.100. The van der Waals surface area contributed by atoms with Gasteiger partial charge in [-0.1, -0.05) is 67.0 Å². The van der Waals surface area contributed by atoms with Gasteiger partial charge in [-0.05, 0) is 89.2 Å². The van der Waals surface area contributed by atoms with Crippen LogP contribution in [0.2, 0.25) is 0 Å². The Labute approximate surface area is 303 Å². The van der Waals surface area contributed by atoms with Crippen molar-refractivity contribution < 1.29 is 4.79 Å². The SMILES string of the molecule is CN(C)C=NC(=O)c1ccccc1-c1nc2cc(Br)ccc2n1C(C)(C)C[N+]#Cc1ccccc1-c1nc2cc(Br)ccc2n1C(C)(C)C. The average molecular weight is 781 g/mol. The minimum atomic E-state index is -0.562. The van der Waals surface area contributed by atoms with Crippen molar-refractivity contribution in [2.45, 2.75) is 45.7 Å². The second-order valence-electron chi connectivity index (χ2n) is 13.8. The fourth-order valence-electron chi connectivity index (χ4n) is 6.03. The van der Waals surface area contributed by atoms with Crippen molar-refractivity contribution >= 4 is 66.2 Å². The van der Waals surface area contributed by atoms with Crippen molar-refractivity contribution in [2.24, 2.45) is 4.99 Å². The Balaban J connectivity index is 1.44. The van der Waals surface area contributed by atoms with Gasteiger partial charge in [-0.2, -0.15) is 4.99 Å². The van der Waals surface area contributed by atoms with E-state index in [1.807, 2.05) is 68.7 Å². The largest absolute Gasteiger partial charge is 0.369 e. The third kappa shape index (κ3) is 6.96. The third-order valence-electron chi connectivity index (χ3n) is 8.15. The van der Waals surface area contributed by atoms with Gasteiger partial charge in [0.25, 0.3) is 12.5 Å². The molecule has 0 aliphatic heterocycles. The summed E-state index contributed by atoms with van der Waals surface area (Å²) < 4.78 is 6.36. The zero-order valence-electron chi connectivity index (χ0n) is 28.7. The fourth-order valence-corrected chi connectivity index (χ4v) is 6.72. The maximum atomic E-state index is 13.3. The number of halogens is 2. The molecule has 2 heterocycles. The lowest BCUT2D eigenvalue weighted by atomic mass is 10.0. The Morgan fingerprint density at radius 3 is 1.98 bits per heavy atom. The summed E-state index contributed by atoms with van der Waals surface area (Å²) >= 11 is 7.21. The van der Waals surface area contributed by atoms with Gasteiger partial charge in [-0.3, -0.25) is 4.79 Å². The molecule has 0 N–H and O–H groups in total. The van der Waals surface area contributed by atoms with Gasteiger partial charge in [0.15, 0.2) is 0 Å². The Kier molecular flexibility index (Phi) is 9.36. The molecule has 2 aromatic heterocycles. The van der Waals surface area contributed by atoms with E-state index in [0.717, 1.165) is 48.0 Å². The van der Waals surface area contributed by atoms with Crippen molar-refractivity contribution in [1.82, 2.24) is 24.0 Å². The van der Waals surface area contributed by atoms with Crippen LogP contribution in [0, 0.1) is 6.07 Å². The second kappa shape index (κ2) is 13.4. The van der Waals surface area contributed by atoms with Gasteiger partial charge in [0.05, 0.1) is 34.0 Å². The van der Waals surface area contributed by atoms with Gasteiger partial charge in [0, 0.05) is 39.7 Å². The monoisotopic (exact) mass is 778 g/mol. The van der Waals surface area contributed by atoms with E-state index in [1.54, 1.807) is 11.0 Å². The number of aromatic nitrogens is 4. The number of benzene rings is 4. The number of hydrogen-bond donors (Lipinski definition) is 0. The van der Waals surface area contributed by atoms with E-state index in [0.29, 0.717) is 23.5 Å². The van der Waals surface area contributed by atoms with E-state index in [9.17, 15) is 4.79 Å². The van der Waals surface area contributed by atoms with Crippen LogP contribution in [-0.4, -0.2) is 56.9 Å². The molecule has 0 radical (unpaired) electrons. The summed E-state index contributed by atoms with van der Waals surface area (Å²) in [6.07, 6.45) is 1.51. The van der Waals surface area contributed by atoms with Crippen LogP contribution in [-0.2, 0) is 11.1 Å². The van der Waals surface area contributed by atoms with E-state index >= 15 is 0 Å². The topological polar surface area (TPSA) is 72.7 Å². The average Bonchev–Trinajstić information content (AvgIpc) is 3.62. The molecule has 0 aliphatic carbocycles. The first kappa shape index (κ1) is 34.3. The predicted molar refractivity (Wildman–Crippen MR) is 208 cm³/mol. The van der Waals surface area contributed by atoms with Crippen LogP contribution in [0.25, 0.3) is 49.7 Å². The van der Waals surface area contributed by atoms with E-state index in [4.69, 9.17) is 14.8 Å². The molecule has 0 aliphatic rings. The number of aliphatic imine (C=N–C) groups is 1. The summed E-state index contributed by atoms with van der Waals surface area (Å²) in [6.45, 7) is 11.2. The van der Waals surface area contributed by atoms with Crippen molar-refractivity contribution in [3.05, 3.63) is 110 Å². The van der Waals surface area contributed by atoms with E-state index < -0.39 is 5.54 Å². The van der Waals surface area contributed by atoms with Gasteiger partial charge >= 0.3 is 6.07 Å². The van der Waals surface area contributed by atoms with Gasteiger partial charge < -0.3 is 14.0 Å². The number of fused-ring (bicyclic) bond motifs is 2. The molecule has 8 nitrogen and oxygen atoms in total. The van der Waals surface area contributed by atoms with Crippen molar-refractivity contribution in [2.75, 3.05) is 20.6 Å². The highest BCUT2D eigenvalue weighted by atomic mass is 79.9. The molecule has 0 saturated heterocycles. The van der Waals surface area contributed by atoms with Crippen molar-refractivity contribution in [1.29, 1.82) is 0 Å². The molecule has 0 saturated carbocycles. The highest BCUT2D eigenvalue weighted by Crippen LogP contribution is 2.36. The molecule has 6 aromatic rings. The highest BCUT2D eigenvalue weighted by Gasteiger charge is 2.33.